The second-order valence-electron chi connectivity index (χ2n) is 7.83. The molecule has 0 radical (unpaired) electrons. The number of carboxylic acid groups (broad SMARTS) is 1. The van der Waals surface area contributed by atoms with Crippen molar-refractivity contribution in [2.45, 2.75) is 56.1 Å². The van der Waals surface area contributed by atoms with Crippen LogP contribution >= 0.6 is 0 Å². The maximum atomic E-state index is 13.1. The zero-order valence-corrected chi connectivity index (χ0v) is 14.5. The lowest BCUT2D eigenvalue weighted by molar-refractivity contribution is -0.182. The maximum Gasteiger partial charge on any atom is 0.336 e. The Hall–Kier alpha value is -1.46. The Labute approximate surface area is 148 Å². The minimum atomic E-state index is -0.914. The van der Waals surface area contributed by atoms with Gasteiger partial charge >= 0.3 is 5.97 Å². The number of nitrogens with zero attached hydrogens (tertiary/aromatic N) is 1. The summed E-state index contributed by atoms with van der Waals surface area (Å²) in [5.41, 5.74) is 0.308. The van der Waals surface area contributed by atoms with E-state index in [-0.39, 0.29) is 11.7 Å². The molecule has 4 nitrogen and oxygen atoms in total. The molecule has 4 rings (SSSR count). The summed E-state index contributed by atoms with van der Waals surface area (Å²) >= 11 is 0. The molecule has 3 fully saturated rings. The number of ether oxygens (including phenoxy) is 1. The number of rotatable bonds is 4. The van der Waals surface area contributed by atoms with Crippen molar-refractivity contribution in [1.82, 2.24) is 4.90 Å². The molecule has 2 aliphatic heterocycles. The van der Waals surface area contributed by atoms with Crippen LogP contribution in [-0.4, -0.2) is 47.3 Å². The van der Waals surface area contributed by atoms with E-state index in [4.69, 9.17) is 4.74 Å². The highest BCUT2D eigenvalue weighted by Gasteiger charge is 2.54. The Balaban J connectivity index is 1.31. The van der Waals surface area contributed by atoms with E-state index in [0.717, 1.165) is 45.2 Å². The summed E-state index contributed by atoms with van der Waals surface area (Å²) in [7, 11) is 0. The molecule has 5 heteroatoms. The number of halogens is 1. The molecular formula is C20H26FNO3. The molecule has 0 unspecified atom stereocenters. The van der Waals surface area contributed by atoms with Crippen LogP contribution in [0.5, 0.6) is 0 Å². The Morgan fingerprint density at radius 3 is 2.32 bits per heavy atom. The topological polar surface area (TPSA) is 49.8 Å². The highest BCUT2D eigenvalue weighted by molar-refractivity contribution is 5.78. The van der Waals surface area contributed by atoms with Gasteiger partial charge < -0.3 is 9.84 Å². The molecule has 25 heavy (non-hydrogen) atoms. The van der Waals surface area contributed by atoms with Gasteiger partial charge in [-0.05, 0) is 81.1 Å². The molecule has 0 aromatic heterocycles. The number of carbonyl (C=O) groups is 1. The third kappa shape index (κ3) is 3.32. The van der Waals surface area contributed by atoms with E-state index in [1.807, 2.05) is 12.1 Å². The van der Waals surface area contributed by atoms with Gasteiger partial charge in [-0.15, -0.1) is 0 Å². The molecule has 1 aromatic rings. The van der Waals surface area contributed by atoms with Crippen molar-refractivity contribution in [3.63, 3.8) is 0 Å². The smallest absolute Gasteiger partial charge is 0.336 e. The fourth-order valence-electron chi connectivity index (χ4n) is 4.62. The Kier molecular flexibility index (Phi) is 4.54. The average Bonchev–Trinajstić information content (AvgIpc) is 3.48. The number of likely N-dealkylation sites (tertiary alicyclic amines) is 1. The quantitative estimate of drug-likeness (QED) is 0.907. The number of carboxylic acids is 1. The summed E-state index contributed by atoms with van der Waals surface area (Å²) in [4.78, 5) is 14.2. The summed E-state index contributed by atoms with van der Waals surface area (Å²) in [5, 5.41) is 9.61. The van der Waals surface area contributed by atoms with Crippen molar-refractivity contribution in [1.29, 1.82) is 0 Å². The predicted molar refractivity (Wildman–Crippen MR) is 92.0 cm³/mol. The van der Waals surface area contributed by atoms with E-state index in [1.165, 1.54) is 5.56 Å². The summed E-state index contributed by atoms with van der Waals surface area (Å²) in [6, 6.07) is 7.22. The van der Waals surface area contributed by atoms with Gasteiger partial charge in [0.05, 0.1) is 6.61 Å². The third-order valence-electron chi connectivity index (χ3n) is 6.37. The van der Waals surface area contributed by atoms with Crippen molar-refractivity contribution in [3.8, 4) is 0 Å². The summed E-state index contributed by atoms with van der Waals surface area (Å²) in [6.07, 6.45) is 5.64. The lowest BCUT2D eigenvalue weighted by Gasteiger charge is -2.44. The Morgan fingerprint density at radius 1 is 1.12 bits per heavy atom. The number of benzene rings is 1. The van der Waals surface area contributed by atoms with Gasteiger partial charge in [-0.3, -0.25) is 4.90 Å². The van der Waals surface area contributed by atoms with Crippen LogP contribution in [0.4, 0.5) is 4.39 Å². The van der Waals surface area contributed by atoms with E-state index in [1.54, 1.807) is 12.1 Å². The molecule has 136 valence electrons. The first-order valence-corrected chi connectivity index (χ1v) is 9.45. The summed E-state index contributed by atoms with van der Waals surface area (Å²) in [5.74, 6) is -0.248. The van der Waals surface area contributed by atoms with Crippen LogP contribution in [0, 0.1) is 11.7 Å². The molecule has 0 spiro atoms. The molecule has 0 amide bonds. The minimum absolute atomic E-state index is 0.182. The first-order chi connectivity index (χ1) is 12.1. The molecule has 2 heterocycles. The van der Waals surface area contributed by atoms with E-state index in [9.17, 15) is 14.3 Å². The van der Waals surface area contributed by atoms with E-state index in [2.05, 4.69) is 4.90 Å². The SMILES string of the molecule is O=C(O)[C@@]1(C2CC2)CC[C@@H](N2CCC(c3ccc(F)cc3)CC2)CO1. The molecule has 1 N–H and O–H groups in total. The second-order valence-corrected chi connectivity index (χ2v) is 7.83. The van der Waals surface area contributed by atoms with Crippen molar-refractivity contribution in [3.05, 3.63) is 35.6 Å². The van der Waals surface area contributed by atoms with Gasteiger partial charge in [0.1, 0.15) is 5.82 Å². The zero-order valence-electron chi connectivity index (χ0n) is 14.5. The largest absolute Gasteiger partial charge is 0.479 e. The second kappa shape index (κ2) is 6.69. The van der Waals surface area contributed by atoms with Crippen LogP contribution in [0.25, 0.3) is 0 Å². The molecule has 1 saturated carbocycles. The normalized spacial score (nSPS) is 31.8. The molecule has 1 aromatic carbocycles. The van der Waals surface area contributed by atoms with Crippen LogP contribution in [0.2, 0.25) is 0 Å². The highest BCUT2D eigenvalue weighted by atomic mass is 19.1. The van der Waals surface area contributed by atoms with Gasteiger partial charge in [0.25, 0.3) is 0 Å². The van der Waals surface area contributed by atoms with Gasteiger partial charge in [-0.25, -0.2) is 9.18 Å². The fourth-order valence-corrected chi connectivity index (χ4v) is 4.62. The number of hydrogen-bond donors (Lipinski definition) is 1. The first-order valence-electron chi connectivity index (χ1n) is 9.45. The summed E-state index contributed by atoms with van der Waals surface area (Å²) < 4.78 is 19.0. The summed E-state index contributed by atoms with van der Waals surface area (Å²) in [6.45, 7) is 2.53. The Bertz CT molecular complexity index is 612. The molecular weight excluding hydrogens is 321 g/mol. The van der Waals surface area contributed by atoms with Crippen molar-refractivity contribution < 1.29 is 19.0 Å². The van der Waals surface area contributed by atoms with Crippen molar-refractivity contribution in [2.24, 2.45) is 5.92 Å². The van der Waals surface area contributed by atoms with Crippen LogP contribution in [-0.2, 0) is 9.53 Å². The first kappa shape index (κ1) is 17.0. The molecule has 3 aliphatic rings. The van der Waals surface area contributed by atoms with E-state index < -0.39 is 11.6 Å². The van der Waals surface area contributed by atoms with Crippen LogP contribution < -0.4 is 0 Å². The van der Waals surface area contributed by atoms with Gasteiger partial charge in [0.2, 0.25) is 0 Å². The third-order valence-corrected chi connectivity index (χ3v) is 6.37. The standard InChI is InChI=1S/C20H26FNO3/c21-17-5-1-14(2-6-17)15-8-11-22(12-9-15)18-7-10-20(19(23)24,25-13-18)16-3-4-16/h1-2,5-6,15-16,18H,3-4,7-13H2,(H,23,24)/t18-,20+/m1/s1. The van der Waals surface area contributed by atoms with Gasteiger partial charge in [0, 0.05) is 6.04 Å². The molecule has 1 aliphatic carbocycles. The predicted octanol–water partition coefficient (Wildman–Crippen LogP) is 3.42. The van der Waals surface area contributed by atoms with Crippen LogP contribution in [0.3, 0.4) is 0 Å². The van der Waals surface area contributed by atoms with Gasteiger partial charge in [0.15, 0.2) is 5.60 Å². The molecule has 2 atom stereocenters. The lowest BCUT2D eigenvalue weighted by atomic mass is 9.85. The number of hydrogen-bond acceptors (Lipinski definition) is 3. The van der Waals surface area contributed by atoms with Crippen molar-refractivity contribution >= 4 is 5.97 Å². The highest BCUT2D eigenvalue weighted by Crippen LogP contribution is 2.47. The van der Waals surface area contributed by atoms with Crippen LogP contribution in [0.15, 0.2) is 24.3 Å². The molecule has 2 saturated heterocycles. The molecule has 0 bridgehead atoms. The minimum Gasteiger partial charge on any atom is -0.479 e. The average molecular weight is 347 g/mol. The van der Waals surface area contributed by atoms with Crippen LogP contribution in [0.1, 0.15) is 50.0 Å². The van der Waals surface area contributed by atoms with Gasteiger partial charge in [-0.2, -0.15) is 0 Å². The number of aliphatic carboxylic acids is 1. The van der Waals surface area contributed by atoms with E-state index >= 15 is 0 Å². The maximum absolute atomic E-state index is 13.1. The fraction of sp³-hybridized carbons (Fsp3) is 0.650. The lowest BCUT2D eigenvalue weighted by Crippen LogP contribution is -2.54. The Morgan fingerprint density at radius 2 is 1.80 bits per heavy atom. The zero-order chi connectivity index (χ0) is 17.4. The number of piperidine rings is 1. The van der Waals surface area contributed by atoms with E-state index in [0.29, 0.717) is 25.0 Å². The van der Waals surface area contributed by atoms with Crippen molar-refractivity contribution in [2.75, 3.05) is 19.7 Å². The van der Waals surface area contributed by atoms with Gasteiger partial charge in [-0.1, -0.05) is 12.1 Å². The monoisotopic (exact) mass is 347 g/mol.